The van der Waals surface area contributed by atoms with Crippen LogP contribution >= 0.6 is 0 Å². The van der Waals surface area contributed by atoms with Gasteiger partial charge in [-0.2, -0.15) is 0 Å². The van der Waals surface area contributed by atoms with Crippen molar-refractivity contribution in [3.63, 3.8) is 0 Å². The number of rotatable bonds is 6. The second-order valence-corrected chi connectivity index (χ2v) is 7.39. The van der Waals surface area contributed by atoms with Gasteiger partial charge >= 0.3 is 0 Å². The van der Waals surface area contributed by atoms with Crippen molar-refractivity contribution in [2.75, 3.05) is 5.32 Å². The zero-order valence-electron chi connectivity index (χ0n) is 13.2. The summed E-state index contributed by atoms with van der Waals surface area (Å²) in [5, 5.41) is 2.75. The summed E-state index contributed by atoms with van der Waals surface area (Å²) in [5.74, 6) is -0.459. The Hall–Kier alpha value is -1.89. The minimum Gasteiger partial charge on any atom is -0.326 e. The Morgan fingerprint density at radius 1 is 1.09 bits per heavy atom. The molecule has 0 aliphatic carbocycles. The van der Waals surface area contributed by atoms with Crippen LogP contribution in [0.2, 0.25) is 0 Å². The van der Waals surface area contributed by atoms with E-state index < -0.39 is 15.9 Å². The lowest BCUT2D eigenvalue weighted by molar-refractivity contribution is -0.120. The lowest BCUT2D eigenvalue weighted by atomic mass is 9.98. The third-order valence-corrected chi connectivity index (χ3v) is 4.43. The summed E-state index contributed by atoms with van der Waals surface area (Å²) in [7, 11) is -3.85. The van der Waals surface area contributed by atoms with Gasteiger partial charge in [0, 0.05) is 18.5 Å². The molecule has 0 aliphatic heterocycles. The van der Waals surface area contributed by atoms with E-state index in [9.17, 15) is 18.0 Å². The summed E-state index contributed by atoms with van der Waals surface area (Å²) in [6.07, 6.45) is 0.779. The van der Waals surface area contributed by atoms with Crippen LogP contribution in [0.3, 0.4) is 0 Å². The molecule has 0 saturated carbocycles. The minimum atomic E-state index is -3.85. The van der Waals surface area contributed by atoms with Crippen molar-refractivity contribution in [3.8, 4) is 0 Å². The fourth-order valence-corrected chi connectivity index (χ4v) is 3.04. The summed E-state index contributed by atoms with van der Waals surface area (Å²) in [6.45, 7) is 7.07. The molecule has 7 heteroatoms. The highest BCUT2D eigenvalue weighted by atomic mass is 32.2. The first-order valence-corrected chi connectivity index (χ1v) is 8.54. The van der Waals surface area contributed by atoms with Crippen molar-refractivity contribution in [3.05, 3.63) is 24.3 Å². The van der Waals surface area contributed by atoms with Crippen molar-refractivity contribution in [2.45, 2.75) is 39.0 Å². The van der Waals surface area contributed by atoms with Gasteiger partial charge in [0.25, 0.3) is 10.0 Å². The van der Waals surface area contributed by atoms with E-state index in [0.717, 1.165) is 13.3 Å². The number of amides is 2. The molecule has 22 heavy (non-hydrogen) atoms. The average molecular weight is 326 g/mol. The number of carbonyl (C=O) groups is 2. The second kappa shape index (κ2) is 7.40. The Kier molecular flexibility index (Phi) is 6.11. The summed E-state index contributed by atoms with van der Waals surface area (Å²) >= 11 is 0. The summed E-state index contributed by atoms with van der Waals surface area (Å²) in [5.41, 5.74) is 0.516. The number of anilines is 1. The molecule has 2 N–H and O–H groups in total. The molecule has 1 unspecified atom stereocenters. The lowest BCUT2D eigenvalue weighted by Crippen LogP contribution is -2.28. The van der Waals surface area contributed by atoms with Crippen molar-refractivity contribution in [1.82, 2.24) is 4.72 Å². The third-order valence-electron chi connectivity index (χ3n) is 2.98. The van der Waals surface area contributed by atoms with Gasteiger partial charge in [-0.15, -0.1) is 0 Å². The van der Waals surface area contributed by atoms with Gasteiger partial charge in [-0.1, -0.05) is 20.8 Å². The van der Waals surface area contributed by atoms with Crippen molar-refractivity contribution < 1.29 is 18.0 Å². The van der Waals surface area contributed by atoms with E-state index in [1.54, 1.807) is 0 Å². The first kappa shape index (κ1) is 18.2. The van der Waals surface area contributed by atoms with Crippen LogP contribution < -0.4 is 10.0 Å². The predicted molar refractivity (Wildman–Crippen MR) is 84.7 cm³/mol. The largest absolute Gasteiger partial charge is 0.326 e. The molecular weight excluding hydrogens is 304 g/mol. The van der Waals surface area contributed by atoms with Crippen LogP contribution in [0.5, 0.6) is 0 Å². The third kappa shape index (κ3) is 5.48. The highest BCUT2D eigenvalue weighted by Crippen LogP contribution is 2.17. The Bertz CT molecular complexity index is 636. The maximum atomic E-state index is 12.0. The summed E-state index contributed by atoms with van der Waals surface area (Å²) in [4.78, 5) is 22.8. The zero-order chi connectivity index (χ0) is 16.9. The Morgan fingerprint density at radius 3 is 2.09 bits per heavy atom. The van der Waals surface area contributed by atoms with E-state index in [-0.39, 0.29) is 16.7 Å². The Labute approximate surface area is 131 Å². The fourth-order valence-electron chi connectivity index (χ4n) is 2.05. The SMILES string of the molecule is CC(=O)NS(=O)(=O)c1ccc(NC(=O)C(C)CC(C)C)cc1. The molecule has 6 nitrogen and oxygen atoms in total. The molecular formula is C15H22N2O4S. The highest BCUT2D eigenvalue weighted by molar-refractivity contribution is 7.90. The molecule has 1 aromatic rings. The van der Waals surface area contributed by atoms with Gasteiger partial charge < -0.3 is 5.32 Å². The number of sulfonamides is 1. The van der Waals surface area contributed by atoms with Crippen LogP contribution in [-0.4, -0.2) is 20.2 Å². The van der Waals surface area contributed by atoms with Gasteiger partial charge in [-0.05, 0) is 36.6 Å². The molecule has 0 aromatic heterocycles. The summed E-state index contributed by atoms with van der Waals surface area (Å²) in [6, 6.07) is 5.67. The van der Waals surface area contributed by atoms with Crippen LogP contribution in [0, 0.1) is 11.8 Å². The molecule has 0 heterocycles. The maximum Gasteiger partial charge on any atom is 0.264 e. The smallest absolute Gasteiger partial charge is 0.264 e. The maximum absolute atomic E-state index is 12.0. The molecule has 1 atom stereocenters. The van der Waals surface area contributed by atoms with Crippen LogP contribution in [0.4, 0.5) is 5.69 Å². The molecule has 0 spiro atoms. The predicted octanol–water partition coefficient (Wildman–Crippen LogP) is 2.13. The molecule has 122 valence electrons. The van der Waals surface area contributed by atoms with Gasteiger partial charge in [0.1, 0.15) is 0 Å². The van der Waals surface area contributed by atoms with Crippen LogP contribution in [0.25, 0.3) is 0 Å². The van der Waals surface area contributed by atoms with Gasteiger partial charge in [-0.25, -0.2) is 13.1 Å². The molecule has 0 radical (unpaired) electrons. The van der Waals surface area contributed by atoms with Gasteiger partial charge in [0.05, 0.1) is 4.90 Å². The van der Waals surface area contributed by atoms with Gasteiger partial charge in [-0.3, -0.25) is 9.59 Å². The molecule has 1 aromatic carbocycles. The number of hydrogen-bond donors (Lipinski definition) is 2. The van der Waals surface area contributed by atoms with Crippen molar-refractivity contribution >= 4 is 27.5 Å². The first-order valence-electron chi connectivity index (χ1n) is 7.06. The number of carbonyl (C=O) groups excluding carboxylic acids is 2. The standard InChI is InChI=1S/C15H22N2O4S/c1-10(2)9-11(3)15(19)16-13-5-7-14(8-6-13)22(20,21)17-12(4)18/h5-8,10-11H,9H2,1-4H3,(H,16,19)(H,17,18). The van der Waals surface area contributed by atoms with E-state index in [2.05, 4.69) is 5.32 Å². The Morgan fingerprint density at radius 2 is 1.64 bits per heavy atom. The fraction of sp³-hybridized carbons (Fsp3) is 0.467. The van der Waals surface area contributed by atoms with E-state index in [4.69, 9.17) is 0 Å². The topological polar surface area (TPSA) is 92.3 Å². The van der Waals surface area contributed by atoms with E-state index in [1.165, 1.54) is 24.3 Å². The van der Waals surface area contributed by atoms with Crippen molar-refractivity contribution in [2.24, 2.45) is 11.8 Å². The van der Waals surface area contributed by atoms with E-state index in [1.807, 2.05) is 25.5 Å². The normalized spacial score (nSPS) is 12.8. The number of benzene rings is 1. The van der Waals surface area contributed by atoms with E-state index in [0.29, 0.717) is 11.6 Å². The highest BCUT2D eigenvalue weighted by Gasteiger charge is 2.17. The molecule has 0 aliphatic rings. The number of hydrogen-bond acceptors (Lipinski definition) is 4. The first-order chi connectivity index (χ1) is 10.1. The van der Waals surface area contributed by atoms with Crippen LogP contribution in [0.15, 0.2) is 29.2 Å². The summed E-state index contributed by atoms with van der Waals surface area (Å²) < 4.78 is 25.5. The molecule has 0 bridgehead atoms. The quantitative estimate of drug-likeness (QED) is 0.837. The number of nitrogens with one attached hydrogen (secondary N) is 2. The molecule has 0 saturated heterocycles. The molecule has 0 fully saturated rings. The van der Waals surface area contributed by atoms with E-state index >= 15 is 0 Å². The lowest BCUT2D eigenvalue weighted by Gasteiger charge is -2.14. The van der Waals surface area contributed by atoms with Crippen molar-refractivity contribution in [1.29, 1.82) is 0 Å². The van der Waals surface area contributed by atoms with Gasteiger partial charge in [0.15, 0.2) is 0 Å². The van der Waals surface area contributed by atoms with Crippen LogP contribution in [0.1, 0.15) is 34.1 Å². The van der Waals surface area contributed by atoms with Crippen LogP contribution in [-0.2, 0) is 19.6 Å². The van der Waals surface area contributed by atoms with Gasteiger partial charge in [0.2, 0.25) is 11.8 Å². The monoisotopic (exact) mass is 326 g/mol. The molecule has 2 amide bonds. The average Bonchev–Trinajstić information content (AvgIpc) is 2.36. The zero-order valence-corrected chi connectivity index (χ0v) is 14.0. The Balaban J connectivity index is 2.77. The molecule has 1 rings (SSSR count). The minimum absolute atomic E-state index is 0.0315. The second-order valence-electron chi connectivity index (χ2n) is 5.71.